The van der Waals surface area contributed by atoms with Crippen molar-refractivity contribution in [2.24, 2.45) is 0 Å². The van der Waals surface area contributed by atoms with Crippen molar-refractivity contribution in [3.05, 3.63) is 35.4 Å². The highest BCUT2D eigenvalue weighted by molar-refractivity contribution is 5.79. The number of amides is 1. The summed E-state index contributed by atoms with van der Waals surface area (Å²) in [6.45, 7) is 4.37. The Bertz CT molecular complexity index is 474. The van der Waals surface area contributed by atoms with Gasteiger partial charge in [0.15, 0.2) is 0 Å². The van der Waals surface area contributed by atoms with Crippen LogP contribution < -0.4 is 5.32 Å². The van der Waals surface area contributed by atoms with E-state index in [-0.39, 0.29) is 5.91 Å². The Morgan fingerprint density at radius 1 is 1.20 bits per heavy atom. The molecule has 0 aromatic heterocycles. The summed E-state index contributed by atoms with van der Waals surface area (Å²) in [5.74, 6) is 0.171. The van der Waals surface area contributed by atoms with Crippen LogP contribution in [0.5, 0.6) is 0 Å². The summed E-state index contributed by atoms with van der Waals surface area (Å²) in [5, 5.41) is 3.21. The Labute approximate surface area is 121 Å². The minimum atomic E-state index is 0.171. The van der Waals surface area contributed by atoms with E-state index in [0.717, 1.165) is 37.5 Å². The highest BCUT2D eigenvalue weighted by atomic mass is 16.1. The fraction of sp³-hybridized carbons (Fsp3) is 0.588. The van der Waals surface area contributed by atoms with E-state index in [1.165, 1.54) is 18.4 Å². The number of carbonyl (C=O) groups excluding carboxylic acids is 1. The predicted molar refractivity (Wildman–Crippen MR) is 80.6 cm³/mol. The molecule has 0 spiro atoms. The highest BCUT2D eigenvalue weighted by Crippen LogP contribution is 2.29. The van der Waals surface area contributed by atoms with Gasteiger partial charge in [0, 0.05) is 25.2 Å². The lowest BCUT2D eigenvalue weighted by Gasteiger charge is -2.32. The summed E-state index contributed by atoms with van der Waals surface area (Å²) in [6.07, 6.45) is 5.48. The molecule has 3 nitrogen and oxygen atoms in total. The average molecular weight is 272 g/mol. The molecule has 0 atom stereocenters. The summed E-state index contributed by atoms with van der Waals surface area (Å²) in [5.41, 5.74) is 2.34. The van der Waals surface area contributed by atoms with E-state index in [9.17, 15) is 4.79 Å². The Kier molecular flexibility index (Phi) is 4.06. The molecule has 1 saturated heterocycles. The van der Waals surface area contributed by atoms with Gasteiger partial charge in [0.2, 0.25) is 5.91 Å². The number of nitrogens with zero attached hydrogens (tertiary/aromatic N) is 1. The smallest absolute Gasteiger partial charge is 0.224 e. The molecule has 1 heterocycles. The van der Waals surface area contributed by atoms with E-state index in [1.54, 1.807) is 0 Å². The molecule has 2 fully saturated rings. The lowest BCUT2D eigenvalue weighted by atomic mass is 10.0. The number of aryl methyl sites for hydroxylation is 1. The first kappa shape index (κ1) is 13.6. The number of piperidine rings is 1. The predicted octanol–water partition coefficient (Wildman–Crippen LogP) is 2.28. The maximum absolute atomic E-state index is 12.1. The number of benzene rings is 1. The topological polar surface area (TPSA) is 32.3 Å². The summed E-state index contributed by atoms with van der Waals surface area (Å²) in [7, 11) is 0. The van der Waals surface area contributed by atoms with Crippen LogP contribution >= 0.6 is 0 Å². The Balaban J connectivity index is 1.46. The Morgan fingerprint density at radius 2 is 1.90 bits per heavy atom. The van der Waals surface area contributed by atoms with Crippen molar-refractivity contribution in [2.75, 3.05) is 13.1 Å². The fourth-order valence-electron chi connectivity index (χ4n) is 3.11. The van der Waals surface area contributed by atoms with Gasteiger partial charge in [0.05, 0.1) is 6.42 Å². The number of carbonyl (C=O) groups is 1. The summed E-state index contributed by atoms with van der Waals surface area (Å²) < 4.78 is 0. The second-order valence-corrected chi connectivity index (χ2v) is 6.21. The molecular formula is C17H24N2O. The minimum absolute atomic E-state index is 0.171. The first-order valence-electron chi connectivity index (χ1n) is 7.80. The zero-order chi connectivity index (χ0) is 13.9. The average Bonchev–Trinajstić information content (AvgIpc) is 3.27. The molecule has 1 aliphatic heterocycles. The van der Waals surface area contributed by atoms with Crippen molar-refractivity contribution in [2.45, 2.75) is 51.1 Å². The maximum atomic E-state index is 12.1. The van der Waals surface area contributed by atoms with Crippen LogP contribution in [0.4, 0.5) is 0 Å². The molecular weight excluding hydrogens is 248 g/mol. The Morgan fingerprint density at radius 3 is 2.55 bits per heavy atom. The normalized spacial score (nSPS) is 20.9. The van der Waals surface area contributed by atoms with Crippen LogP contribution in [-0.4, -0.2) is 36.0 Å². The van der Waals surface area contributed by atoms with Crippen molar-refractivity contribution in [3.63, 3.8) is 0 Å². The number of hydrogen-bond acceptors (Lipinski definition) is 2. The van der Waals surface area contributed by atoms with Crippen LogP contribution in [0.25, 0.3) is 0 Å². The molecule has 108 valence electrons. The van der Waals surface area contributed by atoms with Crippen LogP contribution in [0, 0.1) is 6.92 Å². The van der Waals surface area contributed by atoms with Crippen LogP contribution in [-0.2, 0) is 11.2 Å². The summed E-state index contributed by atoms with van der Waals surface area (Å²) in [6, 6.07) is 9.37. The zero-order valence-electron chi connectivity index (χ0n) is 12.3. The van der Waals surface area contributed by atoms with Crippen LogP contribution in [0.2, 0.25) is 0 Å². The molecule has 3 heteroatoms. The fourth-order valence-corrected chi connectivity index (χ4v) is 3.11. The monoisotopic (exact) mass is 272 g/mol. The molecule has 1 N–H and O–H groups in total. The van der Waals surface area contributed by atoms with Gasteiger partial charge in [-0.05, 0) is 43.7 Å². The summed E-state index contributed by atoms with van der Waals surface area (Å²) in [4.78, 5) is 14.7. The van der Waals surface area contributed by atoms with Crippen molar-refractivity contribution in [3.8, 4) is 0 Å². The number of hydrogen-bond donors (Lipinski definition) is 1. The highest BCUT2D eigenvalue weighted by Gasteiger charge is 2.32. The van der Waals surface area contributed by atoms with Gasteiger partial charge in [-0.3, -0.25) is 4.79 Å². The first-order chi connectivity index (χ1) is 9.72. The number of rotatable bonds is 4. The van der Waals surface area contributed by atoms with Gasteiger partial charge in [-0.2, -0.15) is 0 Å². The van der Waals surface area contributed by atoms with Crippen molar-refractivity contribution >= 4 is 5.91 Å². The molecule has 2 aliphatic rings. The van der Waals surface area contributed by atoms with Crippen molar-refractivity contribution in [1.29, 1.82) is 0 Å². The Hall–Kier alpha value is -1.35. The van der Waals surface area contributed by atoms with E-state index < -0.39 is 0 Å². The molecule has 0 radical (unpaired) electrons. The number of likely N-dealkylation sites (tertiary alicyclic amines) is 1. The third-order valence-electron chi connectivity index (χ3n) is 4.57. The molecule has 3 rings (SSSR count). The van der Waals surface area contributed by atoms with Gasteiger partial charge < -0.3 is 10.2 Å². The standard InChI is InChI=1S/C17H24N2O/c1-13-4-2-3-5-14(13)12-17(20)18-15-8-10-19(11-9-15)16-6-7-16/h2-5,15-16H,6-12H2,1H3,(H,18,20). The van der Waals surface area contributed by atoms with Gasteiger partial charge in [-0.25, -0.2) is 0 Å². The van der Waals surface area contributed by atoms with E-state index in [0.29, 0.717) is 12.5 Å². The van der Waals surface area contributed by atoms with Crippen molar-refractivity contribution in [1.82, 2.24) is 10.2 Å². The number of nitrogens with one attached hydrogen (secondary N) is 1. The van der Waals surface area contributed by atoms with E-state index in [2.05, 4.69) is 23.2 Å². The summed E-state index contributed by atoms with van der Waals surface area (Å²) >= 11 is 0. The molecule has 1 aromatic rings. The molecule has 0 bridgehead atoms. The van der Waals surface area contributed by atoms with Gasteiger partial charge in [-0.1, -0.05) is 24.3 Å². The molecule has 0 unspecified atom stereocenters. The maximum Gasteiger partial charge on any atom is 0.224 e. The lowest BCUT2D eigenvalue weighted by Crippen LogP contribution is -2.45. The molecule has 20 heavy (non-hydrogen) atoms. The van der Waals surface area contributed by atoms with Crippen LogP contribution in [0.1, 0.15) is 36.8 Å². The van der Waals surface area contributed by atoms with Gasteiger partial charge in [0.25, 0.3) is 0 Å². The lowest BCUT2D eigenvalue weighted by molar-refractivity contribution is -0.121. The van der Waals surface area contributed by atoms with E-state index in [1.807, 2.05) is 18.2 Å². The second kappa shape index (κ2) is 5.96. The second-order valence-electron chi connectivity index (χ2n) is 6.21. The molecule has 1 aliphatic carbocycles. The molecule has 1 amide bonds. The van der Waals surface area contributed by atoms with Gasteiger partial charge in [-0.15, -0.1) is 0 Å². The van der Waals surface area contributed by atoms with Crippen LogP contribution in [0.3, 0.4) is 0 Å². The minimum Gasteiger partial charge on any atom is -0.353 e. The zero-order valence-corrected chi connectivity index (χ0v) is 12.3. The third-order valence-corrected chi connectivity index (χ3v) is 4.57. The van der Waals surface area contributed by atoms with E-state index in [4.69, 9.17) is 0 Å². The van der Waals surface area contributed by atoms with Gasteiger partial charge in [0.1, 0.15) is 0 Å². The molecule has 1 saturated carbocycles. The molecule has 1 aromatic carbocycles. The van der Waals surface area contributed by atoms with Crippen molar-refractivity contribution < 1.29 is 4.79 Å². The quantitative estimate of drug-likeness (QED) is 0.912. The van der Waals surface area contributed by atoms with Crippen LogP contribution in [0.15, 0.2) is 24.3 Å². The van der Waals surface area contributed by atoms with Gasteiger partial charge >= 0.3 is 0 Å². The largest absolute Gasteiger partial charge is 0.353 e. The first-order valence-corrected chi connectivity index (χ1v) is 7.80. The SMILES string of the molecule is Cc1ccccc1CC(=O)NC1CCN(C2CC2)CC1. The van der Waals surface area contributed by atoms with E-state index >= 15 is 0 Å². The third kappa shape index (κ3) is 3.40.